The lowest BCUT2D eigenvalue weighted by Gasteiger charge is -2.37. The van der Waals surface area contributed by atoms with Crippen molar-refractivity contribution in [2.45, 2.75) is 44.4 Å². The minimum Gasteiger partial charge on any atom is -0.450 e. The van der Waals surface area contributed by atoms with Crippen molar-refractivity contribution in [2.24, 2.45) is 0 Å². The van der Waals surface area contributed by atoms with Gasteiger partial charge in [-0.1, -0.05) is 0 Å². The minimum absolute atomic E-state index is 0.0544. The van der Waals surface area contributed by atoms with Crippen LogP contribution in [0.5, 0.6) is 0 Å². The van der Waals surface area contributed by atoms with Gasteiger partial charge in [-0.15, -0.1) is 0 Å². The molecule has 0 aromatic rings. The Morgan fingerprint density at radius 3 is 2.36 bits per heavy atom. The summed E-state index contributed by atoms with van der Waals surface area (Å²) in [6, 6.07) is 0.135. The highest BCUT2D eigenvalue weighted by Crippen LogP contribution is 2.31. The fourth-order valence-corrected chi connectivity index (χ4v) is 3.74. The summed E-state index contributed by atoms with van der Waals surface area (Å²) >= 11 is 0. The molecular weight excluding hydrogens is 326 g/mol. The second-order valence-corrected chi connectivity index (χ2v) is 6.91. The molecule has 1 spiro atoms. The summed E-state index contributed by atoms with van der Waals surface area (Å²) in [7, 11) is 0. The molecule has 3 saturated heterocycles. The maximum atomic E-state index is 12.3. The zero-order valence-electron chi connectivity index (χ0n) is 15.0. The molecule has 142 valence electrons. The first-order chi connectivity index (χ1) is 12.1. The van der Waals surface area contributed by atoms with Crippen molar-refractivity contribution in [3.8, 4) is 0 Å². The summed E-state index contributed by atoms with van der Waals surface area (Å²) in [6.07, 6.45) is 2.92. The molecule has 3 fully saturated rings. The lowest BCUT2D eigenvalue weighted by atomic mass is 10.0. The summed E-state index contributed by atoms with van der Waals surface area (Å²) in [5, 5.41) is 3.10. The molecule has 3 heterocycles. The van der Waals surface area contributed by atoms with Crippen LogP contribution in [-0.4, -0.2) is 86.2 Å². The quantitative estimate of drug-likeness (QED) is 0.794. The molecule has 0 aliphatic carbocycles. The number of nitrogens with zero attached hydrogens (tertiary/aromatic N) is 2. The lowest BCUT2D eigenvalue weighted by Crippen LogP contribution is -2.51. The Kier molecular flexibility index (Phi) is 6.14. The average Bonchev–Trinajstić information content (AvgIpc) is 3.06. The van der Waals surface area contributed by atoms with E-state index in [9.17, 15) is 9.59 Å². The predicted octanol–water partition coefficient (Wildman–Crippen LogP) is 0.562. The molecule has 2 amide bonds. The molecule has 25 heavy (non-hydrogen) atoms. The summed E-state index contributed by atoms with van der Waals surface area (Å²) < 4.78 is 16.4. The number of rotatable bonds is 4. The van der Waals surface area contributed by atoms with E-state index in [0.29, 0.717) is 39.5 Å². The highest BCUT2D eigenvalue weighted by Gasteiger charge is 2.40. The number of amides is 2. The number of hydrogen-bond donors (Lipinski definition) is 1. The van der Waals surface area contributed by atoms with Crippen LogP contribution >= 0.6 is 0 Å². The van der Waals surface area contributed by atoms with Crippen molar-refractivity contribution in [2.75, 3.05) is 52.5 Å². The molecular formula is C17H29N3O5. The highest BCUT2D eigenvalue weighted by atomic mass is 16.7. The summed E-state index contributed by atoms with van der Waals surface area (Å²) in [5.41, 5.74) is 0. The Morgan fingerprint density at radius 2 is 1.76 bits per heavy atom. The van der Waals surface area contributed by atoms with Gasteiger partial charge in [-0.05, 0) is 19.8 Å². The Labute approximate surface area is 148 Å². The van der Waals surface area contributed by atoms with E-state index in [1.54, 1.807) is 11.8 Å². The number of likely N-dealkylation sites (tertiary alicyclic amines) is 2. The first kappa shape index (κ1) is 18.4. The Bertz CT molecular complexity index is 463. The highest BCUT2D eigenvalue weighted by molar-refractivity contribution is 5.78. The van der Waals surface area contributed by atoms with Gasteiger partial charge in [0.2, 0.25) is 5.91 Å². The van der Waals surface area contributed by atoms with Crippen LogP contribution in [0, 0.1) is 0 Å². The van der Waals surface area contributed by atoms with Gasteiger partial charge in [0.25, 0.3) is 0 Å². The van der Waals surface area contributed by atoms with Crippen LogP contribution < -0.4 is 5.32 Å². The average molecular weight is 355 g/mol. The zero-order valence-corrected chi connectivity index (χ0v) is 15.0. The van der Waals surface area contributed by atoms with Gasteiger partial charge in [0.05, 0.1) is 26.4 Å². The van der Waals surface area contributed by atoms with Gasteiger partial charge in [-0.2, -0.15) is 0 Å². The summed E-state index contributed by atoms with van der Waals surface area (Å²) in [4.78, 5) is 27.8. The molecule has 0 bridgehead atoms. The van der Waals surface area contributed by atoms with Gasteiger partial charge in [0.1, 0.15) is 0 Å². The molecule has 0 atom stereocenters. The standard InChI is InChI=1S/C17H29N3O5/c1-2-23-16(22)20-7-3-14(4-8-20)18-15(21)13-19-9-5-17(6-10-19)24-11-12-25-17/h14H,2-13H2,1H3,(H,18,21). The molecule has 0 aromatic carbocycles. The molecule has 0 saturated carbocycles. The third-order valence-corrected chi connectivity index (χ3v) is 5.18. The maximum Gasteiger partial charge on any atom is 0.409 e. The van der Waals surface area contributed by atoms with Crippen LogP contribution in [0.3, 0.4) is 0 Å². The number of carbonyl (C=O) groups is 2. The molecule has 3 rings (SSSR count). The second kappa shape index (κ2) is 8.33. The van der Waals surface area contributed by atoms with E-state index in [-0.39, 0.29) is 18.0 Å². The normalized spacial score (nSPS) is 24.4. The largest absolute Gasteiger partial charge is 0.450 e. The second-order valence-electron chi connectivity index (χ2n) is 6.91. The number of ether oxygens (including phenoxy) is 3. The van der Waals surface area contributed by atoms with Crippen molar-refractivity contribution < 1.29 is 23.8 Å². The maximum absolute atomic E-state index is 12.3. The van der Waals surface area contributed by atoms with Gasteiger partial charge < -0.3 is 24.4 Å². The fourth-order valence-electron chi connectivity index (χ4n) is 3.74. The molecule has 3 aliphatic rings. The van der Waals surface area contributed by atoms with Gasteiger partial charge in [-0.3, -0.25) is 9.69 Å². The number of nitrogens with one attached hydrogen (secondary N) is 1. The van der Waals surface area contributed by atoms with E-state index >= 15 is 0 Å². The number of carbonyl (C=O) groups excluding carboxylic acids is 2. The SMILES string of the molecule is CCOC(=O)N1CCC(NC(=O)CN2CCC3(CC2)OCCO3)CC1. The first-order valence-corrected chi connectivity index (χ1v) is 9.31. The van der Waals surface area contributed by atoms with E-state index in [4.69, 9.17) is 14.2 Å². The number of hydrogen-bond acceptors (Lipinski definition) is 6. The van der Waals surface area contributed by atoms with Gasteiger partial charge in [0, 0.05) is 45.1 Å². The van der Waals surface area contributed by atoms with Crippen LogP contribution in [0.2, 0.25) is 0 Å². The van der Waals surface area contributed by atoms with Crippen LogP contribution in [-0.2, 0) is 19.0 Å². The van der Waals surface area contributed by atoms with E-state index in [1.807, 2.05) is 0 Å². The van der Waals surface area contributed by atoms with Crippen molar-refractivity contribution in [3.05, 3.63) is 0 Å². The molecule has 8 nitrogen and oxygen atoms in total. The van der Waals surface area contributed by atoms with Crippen LogP contribution in [0.1, 0.15) is 32.6 Å². The van der Waals surface area contributed by atoms with Gasteiger partial charge >= 0.3 is 6.09 Å². The Hall–Kier alpha value is -1.38. The van der Waals surface area contributed by atoms with Crippen LogP contribution in [0.4, 0.5) is 4.79 Å². The van der Waals surface area contributed by atoms with Gasteiger partial charge in [0.15, 0.2) is 5.79 Å². The number of piperidine rings is 2. The molecule has 1 N–H and O–H groups in total. The van der Waals surface area contributed by atoms with E-state index < -0.39 is 5.79 Å². The monoisotopic (exact) mass is 355 g/mol. The van der Waals surface area contributed by atoms with E-state index in [2.05, 4.69) is 10.2 Å². The minimum atomic E-state index is -0.396. The molecule has 0 unspecified atom stereocenters. The third-order valence-electron chi connectivity index (χ3n) is 5.18. The van der Waals surface area contributed by atoms with Crippen LogP contribution in [0.25, 0.3) is 0 Å². The molecule has 0 aromatic heterocycles. The lowest BCUT2D eigenvalue weighted by molar-refractivity contribution is -0.185. The predicted molar refractivity (Wildman–Crippen MR) is 90.1 cm³/mol. The molecule has 0 radical (unpaired) electrons. The van der Waals surface area contributed by atoms with Crippen molar-refractivity contribution in [3.63, 3.8) is 0 Å². The van der Waals surface area contributed by atoms with Crippen molar-refractivity contribution >= 4 is 12.0 Å². The smallest absolute Gasteiger partial charge is 0.409 e. The first-order valence-electron chi connectivity index (χ1n) is 9.31. The fraction of sp³-hybridized carbons (Fsp3) is 0.882. The van der Waals surface area contributed by atoms with Gasteiger partial charge in [-0.25, -0.2) is 4.79 Å². The Morgan fingerprint density at radius 1 is 1.12 bits per heavy atom. The van der Waals surface area contributed by atoms with Crippen LogP contribution in [0.15, 0.2) is 0 Å². The summed E-state index contributed by atoms with van der Waals surface area (Å²) in [6.45, 7) is 6.84. The molecule has 3 aliphatic heterocycles. The topological polar surface area (TPSA) is 80.3 Å². The van der Waals surface area contributed by atoms with Crippen molar-refractivity contribution in [1.29, 1.82) is 0 Å². The summed E-state index contributed by atoms with van der Waals surface area (Å²) in [5.74, 6) is -0.341. The third kappa shape index (κ3) is 4.83. The van der Waals surface area contributed by atoms with Crippen molar-refractivity contribution in [1.82, 2.24) is 15.1 Å². The van der Waals surface area contributed by atoms with E-state index in [1.165, 1.54) is 0 Å². The van der Waals surface area contributed by atoms with E-state index in [0.717, 1.165) is 38.8 Å². The zero-order chi connectivity index (χ0) is 17.7. The molecule has 8 heteroatoms. The Balaban J connectivity index is 1.34.